The maximum Gasteiger partial charge on any atom is 0.339 e. The van der Waals surface area contributed by atoms with Gasteiger partial charge in [-0.1, -0.05) is 48.5 Å². The number of esters is 1. The molecular weight excluding hydrogens is 224 g/mol. The van der Waals surface area contributed by atoms with E-state index in [1.165, 1.54) is 0 Å². The van der Waals surface area contributed by atoms with Crippen molar-refractivity contribution in [1.29, 1.82) is 0 Å². The van der Waals surface area contributed by atoms with Gasteiger partial charge in [-0.25, -0.2) is 4.79 Å². The molecule has 0 bridgehead atoms. The van der Waals surface area contributed by atoms with Crippen molar-refractivity contribution in [2.24, 2.45) is 0 Å². The zero-order valence-electron chi connectivity index (χ0n) is 9.80. The fourth-order valence-corrected chi connectivity index (χ4v) is 2.05. The molecule has 3 rings (SSSR count). The first-order chi connectivity index (χ1) is 8.83. The van der Waals surface area contributed by atoms with Gasteiger partial charge in [0.25, 0.3) is 0 Å². The summed E-state index contributed by atoms with van der Waals surface area (Å²) in [6.07, 6.45) is 2.52. The van der Waals surface area contributed by atoms with Gasteiger partial charge >= 0.3 is 5.97 Å². The summed E-state index contributed by atoms with van der Waals surface area (Å²) < 4.78 is 5.31. The van der Waals surface area contributed by atoms with Crippen LogP contribution in [0.4, 0.5) is 0 Å². The molecule has 1 aliphatic rings. The molecule has 2 nitrogen and oxygen atoms in total. The van der Waals surface area contributed by atoms with E-state index in [0.29, 0.717) is 17.7 Å². The number of hydrogen-bond donors (Lipinski definition) is 0. The standard InChI is InChI=1S/C16H12O2/c17-16-14(10-12-6-2-1-3-7-12)11-13-8-4-5-9-15(13)18-16/h1-10H,11H2/b14-10+. The Balaban J connectivity index is 1.96. The molecule has 0 atom stereocenters. The molecule has 0 radical (unpaired) electrons. The topological polar surface area (TPSA) is 26.3 Å². The first-order valence-corrected chi connectivity index (χ1v) is 5.88. The van der Waals surface area contributed by atoms with Crippen molar-refractivity contribution in [3.8, 4) is 5.75 Å². The monoisotopic (exact) mass is 236 g/mol. The van der Waals surface area contributed by atoms with Crippen LogP contribution in [0.3, 0.4) is 0 Å². The summed E-state index contributed by atoms with van der Waals surface area (Å²) in [6.45, 7) is 0. The second-order valence-corrected chi connectivity index (χ2v) is 4.25. The van der Waals surface area contributed by atoms with E-state index < -0.39 is 0 Å². The zero-order chi connectivity index (χ0) is 12.4. The summed E-state index contributed by atoms with van der Waals surface area (Å²) >= 11 is 0. The van der Waals surface area contributed by atoms with E-state index in [1.54, 1.807) is 0 Å². The van der Waals surface area contributed by atoms with Gasteiger partial charge in [-0.2, -0.15) is 0 Å². The van der Waals surface area contributed by atoms with Crippen molar-refractivity contribution in [3.05, 3.63) is 71.3 Å². The van der Waals surface area contributed by atoms with E-state index in [2.05, 4.69) is 0 Å². The van der Waals surface area contributed by atoms with Crippen LogP contribution in [0.5, 0.6) is 5.75 Å². The smallest absolute Gasteiger partial charge is 0.339 e. The van der Waals surface area contributed by atoms with Crippen LogP contribution in [0.15, 0.2) is 60.2 Å². The summed E-state index contributed by atoms with van der Waals surface area (Å²) in [7, 11) is 0. The summed E-state index contributed by atoms with van der Waals surface area (Å²) in [4.78, 5) is 11.9. The van der Waals surface area contributed by atoms with Gasteiger partial charge in [0.1, 0.15) is 5.75 Å². The van der Waals surface area contributed by atoms with Gasteiger partial charge in [-0.05, 0) is 23.3 Å². The fraction of sp³-hybridized carbons (Fsp3) is 0.0625. The largest absolute Gasteiger partial charge is 0.423 e. The number of fused-ring (bicyclic) bond motifs is 1. The minimum absolute atomic E-state index is 0.252. The van der Waals surface area contributed by atoms with E-state index in [0.717, 1.165) is 11.1 Å². The molecule has 0 saturated carbocycles. The Kier molecular flexibility index (Phi) is 2.69. The first-order valence-electron chi connectivity index (χ1n) is 5.88. The highest BCUT2D eigenvalue weighted by Gasteiger charge is 2.21. The van der Waals surface area contributed by atoms with E-state index in [-0.39, 0.29) is 5.97 Å². The number of benzene rings is 2. The summed E-state index contributed by atoms with van der Waals surface area (Å²) in [5.41, 5.74) is 2.77. The Bertz CT molecular complexity index is 612. The molecule has 0 N–H and O–H groups in total. The highest BCUT2D eigenvalue weighted by Crippen LogP contribution is 2.28. The number of rotatable bonds is 1. The Morgan fingerprint density at radius 2 is 1.67 bits per heavy atom. The minimum Gasteiger partial charge on any atom is -0.423 e. The first kappa shape index (κ1) is 10.8. The third-order valence-corrected chi connectivity index (χ3v) is 2.96. The third kappa shape index (κ3) is 2.05. The molecule has 0 amide bonds. The van der Waals surface area contributed by atoms with Crippen LogP contribution in [0.2, 0.25) is 0 Å². The molecule has 2 aromatic carbocycles. The van der Waals surface area contributed by atoms with Gasteiger partial charge in [-0.3, -0.25) is 0 Å². The molecule has 0 unspecified atom stereocenters. The molecule has 0 spiro atoms. The van der Waals surface area contributed by atoms with Crippen molar-refractivity contribution in [2.75, 3.05) is 0 Å². The molecule has 0 aromatic heterocycles. The van der Waals surface area contributed by atoms with Gasteiger partial charge in [0.05, 0.1) is 0 Å². The molecule has 88 valence electrons. The van der Waals surface area contributed by atoms with Crippen LogP contribution < -0.4 is 4.74 Å². The predicted molar refractivity (Wildman–Crippen MR) is 70.2 cm³/mol. The number of hydrogen-bond acceptors (Lipinski definition) is 2. The number of carbonyl (C=O) groups is 1. The molecule has 2 heteroatoms. The van der Waals surface area contributed by atoms with E-state index in [1.807, 2.05) is 60.7 Å². The molecule has 2 aromatic rings. The molecule has 18 heavy (non-hydrogen) atoms. The lowest BCUT2D eigenvalue weighted by Gasteiger charge is -2.17. The lowest BCUT2D eigenvalue weighted by molar-refractivity contribution is -0.130. The van der Waals surface area contributed by atoms with Gasteiger partial charge in [0, 0.05) is 12.0 Å². The van der Waals surface area contributed by atoms with Gasteiger partial charge in [0.2, 0.25) is 0 Å². The normalized spacial score (nSPS) is 16.2. The molecule has 1 aliphatic heterocycles. The summed E-state index contributed by atoms with van der Waals surface area (Å²) in [5.74, 6) is 0.422. The van der Waals surface area contributed by atoms with E-state index >= 15 is 0 Å². The van der Waals surface area contributed by atoms with Crippen LogP contribution in [0.1, 0.15) is 11.1 Å². The van der Waals surface area contributed by atoms with Crippen molar-refractivity contribution >= 4 is 12.0 Å². The minimum atomic E-state index is -0.252. The maximum absolute atomic E-state index is 11.9. The average Bonchev–Trinajstić information content (AvgIpc) is 2.41. The second-order valence-electron chi connectivity index (χ2n) is 4.25. The molecule has 0 fully saturated rings. The number of ether oxygens (including phenoxy) is 1. The van der Waals surface area contributed by atoms with Crippen molar-refractivity contribution < 1.29 is 9.53 Å². The second kappa shape index (κ2) is 4.49. The van der Waals surface area contributed by atoms with Crippen molar-refractivity contribution in [2.45, 2.75) is 6.42 Å². The quantitative estimate of drug-likeness (QED) is 0.431. The SMILES string of the molecule is O=C1Oc2ccccc2C/C1=C\c1ccccc1. The summed E-state index contributed by atoms with van der Waals surface area (Å²) in [5, 5.41) is 0. The Morgan fingerprint density at radius 3 is 2.50 bits per heavy atom. The fourth-order valence-electron chi connectivity index (χ4n) is 2.05. The highest BCUT2D eigenvalue weighted by molar-refractivity contribution is 5.97. The molecular formula is C16H12O2. The Hall–Kier alpha value is -2.35. The Morgan fingerprint density at radius 1 is 0.944 bits per heavy atom. The lowest BCUT2D eigenvalue weighted by Crippen LogP contribution is -2.19. The lowest BCUT2D eigenvalue weighted by atomic mass is 9.99. The van der Waals surface area contributed by atoms with Gasteiger partial charge in [-0.15, -0.1) is 0 Å². The average molecular weight is 236 g/mol. The van der Waals surface area contributed by atoms with Gasteiger partial charge < -0.3 is 4.74 Å². The highest BCUT2D eigenvalue weighted by atomic mass is 16.5. The van der Waals surface area contributed by atoms with Crippen molar-refractivity contribution in [3.63, 3.8) is 0 Å². The van der Waals surface area contributed by atoms with Gasteiger partial charge in [0.15, 0.2) is 0 Å². The number of para-hydroxylation sites is 1. The van der Waals surface area contributed by atoms with Crippen LogP contribution in [0, 0.1) is 0 Å². The summed E-state index contributed by atoms with van der Waals surface area (Å²) in [6, 6.07) is 17.4. The van der Waals surface area contributed by atoms with E-state index in [4.69, 9.17) is 4.74 Å². The Labute approximate surface area is 106 Å². The maximum atomic E-state index is 11.9. The van der Waals surface area contributed by atoms with Crippen LogP contribution in [0.25, 0.3) is 6.08 Å². The molecule has 0 aliphatic carbocycles. The van der Waals surface area contributed by atoms with Crippen LogP contribution in [-0.2, 0) is 11.2 Å². The third-order valence-electron chi connectivity index (χ3n) is 2.96. The molecule has 1 heterocycles. The van der Waals surface area contributed by atoms with Crippen LogP contribution >= 0.6 is 0 Å². The predicted octanol–water partition coefficient (Wildman–Crippen LogP) is 3.23. The number of carbonyl (C=O) groups excluding carboxylic acids is 1. The zero-order valence-corrected chi connectivity index (χ0v) is 9.80. The molecule has 0 saturated heterocycles. The van der Waals surface area contributed by atoms with E-state index in [9.17, 15) is 4.79 Å². The van der Waals surface area contributed by atoms with Crippen LogP contribution in [-0.4, -0.2) is 5.97 Å². The van der Waals surface area contributed by atoms with Crippen molar-refractivity contribution in [1.82, 2.24) is 0 Å².